The Labute approximate surface area is 105 Å². The minimum absolute atomic E-state index is 0.196. The molecule has 18 heavy (non-hydrogen) atoms. The van der Waals surface area contributed by atoms with E-state index in [0.717, 1.165) is 12.1 Å². The van der Waals surface area contributed by atoms with Crippen molar-refractivity contribution in [2.45, 2.75) is 26.2 Å². The lowest BCUT2D eigenvalue weighted by Gasteiger charge is -2.19. The fourth-order valence-electron chi connectivity index (χ4n) is 1.65. The van der Waals surface area contributed by atoms with Crippen molar-refractivity contribution >= 4 is 0 Å². The second-order valence-electron chi connectivity index (χ2n) is 4.18. The van der Waals surface area contributed by atoms with Gasteiger partial charge in [0.25, 0.3) is 0 Å². The normalized spacial score (nSPS) is 12.1. The van der Waals surface area contributed by atoms with Gasteiger partial charge in [-0.15, -0.1) is 0 Å². The van der Waals surface area contributed by atoms with Crippen LogP contribution in [0.5, 0.6) is 0 Å². The average molecular weight is 261 g/mol. The predicted octanol–water partition coefficient (Wildman–Crippen LogP) is 2.19. The monoisotopic (exact) mass is 261 g/mol. The van der Waals surface area contributed by atoms with Crippen molar-refractivity contribution in [2.75, 3.05) is 20.1 Å². The summed E-state index contributed by atoms with van der Waals surface area (Å²) in [6.45, 7) is 2.68. The van der Waals surface area contributed by atoms with Gasteiger partial charge in [0.2, 0.25) is 0 Å². The molecular weight excluding hydrogens is 243 g/mol. The van der Waals surface area contributed by atoms with Crippen molar-refractivity contribution in [3.63, 3.8) is 0 Å². The van der Waals surface area contributed by atoms with E-state index in [1.54, 1.807) is 12.3 Å². The first-order valence-corrected chi connectivity index (χ1v) is 5.81. The molecule has 0 fully saturated rings. The molecule has 0 aliphatic heterocycles. The maximum absolute atomic E-state index is 12.2. The van der Waals surface area contributed by atoms with E-state index in [1.165, 1.54) is 11.9 Å². The minimum Gasteiger partial charge on any atom is -0.313 e. The standard InChI is InChI=1S/C12H18F3N3/c1-3-16-7-10-5-4-6-17-11(10)8-18(2)9-12(13,14)15/h4-6,16H,3,7-9H2,1-2H3. The third-order valence-corrected chi connectivity index (χ3v) is 2.42. The van der Waals surface area contributed by atoms with Crippen LogP contribution in [0.2, 0.25) is 0 Å². The van der Waals surface area contributed by atoms with Crippen LogP contribution < -0.4 is 5.32 Å². The third kappa shape index (κ3) is 5.46. The molecule has 1 rings (SSSR count). The van der Waals surface area contributed by atoms with Crippen LogP contribution in [0.15, 0.2) is 18.3 Å². The second kappa shape index (κ2) is 6.70. The van der Waals surface area contributed by atoms with Gasteiger partial charge in [-0.3, -0.25) is 9.88 Å². The first kappa shape index (κ1) is 14.9. The van der Waals surface area contributed by atoms with Gasteiger partial charge in [0.05, 0.1) is 12.2 Å². The summed E-state index contributed by atoms with van der Waals surface area (Å²) in [7, 11) is 1.44. The van der Waals surface area contributed by atoms with Gasteiger partial charge in [-0.25, -0.2) is 0 Å². The van der Waals surface area contributed by atoms with E-state index >= 15 is 0 Å². The van der Waals surface area contributed by atoms with E-state index in [4.69, 9.17) is 0 Å². The highest BCUT2D eigenvalue weighted by molar-refractivity contribution is 5.19. The SMILES string of the molecule is CCNCc1cccnc1CN(C)CC(F)(F)F. The van der Waals surface area contributed by atoms with E-state index < -0.39 is 12.7 Å². The van der Waals surface area contributed by atoms with E-state index in [0.29, 0.717) is 12.2 Å². The lowest BCUT2D eigenvalue weighted by molar-refractivity contribution is -0.144. The number of halogens is 3. The number of nitrogens with zero attached hydrogens (tertiary/aromatic N) is 2. The summed E-state index contributed by atoms with van der Waals surface area (Å²) in [5.41, 5.74) is 1.62. The molecule has 6 heteroatoms. The van der Waals surface area contributed by atoms with Gasteiger partial charge in [0.1, 0.15) is 0 Å². The molecule has 0 aliphatic carbocycles. The molecule has 3 nitrogen and oxygen atoms in total. The van der Waals surface area contributed by atoms with Gasteiger partial charge in [-0.2, -0.15) is 13.2 Å². The topological polar surface area (TPSA) is 28.2 Å². The van der Waals surface area contributed by atoms with Gasteiger partial charge < -0.3 is 5.32 Å². The summed E-state index contributed by atoms with van der Waals surface area (Å²) in [6.07, 6.45) is -2.57. The number of alkyl halides is 3. The molecule has 0 unspecified atom stereocenters. The maximum atomic E-state index is 12.2. The molecule has 0 amide bonds. The van der Waals surface area contributed by atoms with Crippen LogP contribution in [-0.4, -0.2) is 36.2 Å². The van der Waals surface area contributed by atoms with Crippen LogP contribution >= 0.6 is 0 Å². The zero-order valence-corrected chi connectivity index (χ0v) is 10.6. The van der Waals surface area contributed by atoms with Crippen LogP contribution in [0.3, 0.4) is 0 Å². The molecule has 0 saturated carbocycles. The average Bonchev–Trinajstić information content (AvgIpc) is 2.25. The molecule has 0 aromatic carbocycles. The Kier molecular flexibility index (Phi) is 5.55. The molecule has 1 aromatic rings. The molecule has 1 N–H and O–H groups in total. The molecule has 1 aromatic heterocycles. The Hall–Kier alpha value is -1.14. The fraction of sp³-hybridized carbons (Fsp3) is 0.583. The minimum atomic E-state index is -4.18. The Morgan fingerprint density at radius 3 is 2.72 bits per heavy atom. The molecule has 0 radical (unpaired) electrons. The summed E-state index contributed by atoms with van der Waals surface area (Å²) >= 11 is 0. The van der Waals surface area contributed by atoms with Crippen LogP contribution in [0.1, 0.15) is 18.2 Å². The molecule has 0 bridgehead atoms. The quantitative estimate of drug-likeness (QED) is 0.850. The summed E-state index contributed by atoms with van der Waals surface area (Å²) < 4.78 is 36.7. The Morgan fingerprint density at radius 2 is 2.11 bits per heavy atom. The number of hydrogen-bond acceptors (Lipinski definition) is 3. The largest absolute Gasteiger partial charge is 0.401 e. The molecular formula is C12H18F3N3. The van der Waals surface area contributed by atoms with Crippen LogP contribution in [0.4, 0.5) is 13.2 Å². The van der Waals surface area contributed by atoms with Crippen molar-refractivity contribution in [2.24, 2.45) is 0 Å². The van der Waals surface area contributed by atoms with Gasteiger partial charge in [0.15, 0.2) is 0 Å². The molecule has 0 spiro atoms. The van der Waals surface area contributed by atoms with Crippen LogP contribution in [0, 0.1) is 0 Å². The summed E-state index contributed by atoms with van der Waals surface area (Å²) in [4.78, 5) is 5.37. The third-order valence-electron chi connectivity index (χ3n) is 2.42. The first-order chi connectivity index (χ1) is 8.42. The second-order valence-corrected chi connectivity index (χ2v) is 4.18. The number of pyridine rings is 1. The smallest absolute Gasteiger partial charge is 0.313 e. The van der Waals surface area contributed by atoms with E-state index in [1.807, 2.05) is 13.0 Å². The summed E-state index contributed by atoms with van der Waals surface area (Å²) in [5, 5.41) is 3.15. The zero-order valence-electron chi connectivity index (χ0n) is 10.6. The number of hydrogen-bond donors (Lipinski definition) is 1. The summed E-state index contributed by atoms with van der Waals surface area (Å²) in [5.74, 6) is 0. The van der Waals surface area contributed by atoms with Crippen molar-refractivity contribution in [3.05, 3.63) is 29.6 Å². The van der Waals surface area contributed by atoms with Crippen molar-refractivity contribution in [1.29, 1.82) is 0 Å². The van der Waals surface area contributed by atoms with Crippen molar-refractivity contribution < 1.29 is 13.2 Å². The van der Waals surface area contributed by atoms with Crippen molar-refractivity contribution in [3.8, 4) is 0 Å². The van der Waals surface area contributed by atoms with Gasteiger partial charge in [-0.05, 0) is 25.2 Å². The molecule has 102 valence electrons. The number of rotatable bonds is 6. The molecule has 0 aliphatic rings. The summed E-state index contributed by atoms with van der Waals surface area (Å²) in [6, 6.07) is 3.67. The van der Waals surface area contributed by atoms with E-state index in [-0.39, 0.29) is 6.54 Å². The number of nitrogens with one attached hydrogen (secondary N) is 1. The van der Waals surface area contributed by atoms with E-state index in [2.05, 4.69) is 10.3 Å². The van der Waals surface area contributed by atoms with Gasteiger partial charge in [0, 0.05) is 19.3 Å². The molecule has 0 saturated heterocycles. The maximum Gasteiger partial charge on any atom is 0.401 e. The van der Waals surface area contributed by atoms with Crippen molar-refractivity contribution in [1.82, 2.24) is 15.2 Å². The zero-order chi connectivity index (χ0) is 13.6. The van der Waals surface area contributed by atoms with Crippen LogP contribution in [0.25, 0.3) is 0 Å². The Morgan fingerprint density at radius 1 is 1.39 bits per heavy atom. The first-order valence-electron chi connectivity index (χ1n) is 5.81. The van der Waals surface area contributed by atoms with Gasteiger partial charge in [-0.1, -0.05) is 13.0 Å². The lowest BCUT2D eigenvalue weighted by Crippen LogP contribution is -2.31. The Bertz CT molecular complexity index is 366. The molecule has 1 heterocycles. The lowest BCUT2D eigenvalue weighted by atomic mass is 10.2. The predicted molar refractivity (Wildman–Crippen MR) is 64.0 cm³/mol. The highest BCUT2D eigenvalue weighted by atomic mass is 19.4. The van der Waals surface area contributed by atoms with Crippen LogP contribution in [-0.2, 0) is 13.1 Å². The van der Waals surface area contributed by atoms with Gasteiger partial charge >= 0.3 is 6.18 Å². The number of aromatic nitrogens is 1. The van der Waals surface area contributed by atoms with E-state index in [9.17, 15) is 13.2 Å². The fourth-order valence-corrected chi connectivity index (χ4v) is 1.65. The molecule has 0 atom stereocenters. The highest BCUT2D eigenvalue weighted by Gasteiger charge is 2.29. The Balaban J connectivity index is 2.65. The highest BCUT2D eigenvalue weighted by Crippen LogP contribution is 2.17.